The topological polar surface area (TPSA) is 12.9 Å². The molecule has 0 amide bonds. The maximum atomic E-state index is 4.79. The molecule has 0 aromatic carbocycles. The number of nitrogens with zero attached hydrogens (tertiary/aromatic N) is 1. The van der Waals surface area contributed by atoms with Gasteiger partial charge in [-0.25, -0.2) is 0 Å². The Balaban J connectivity index is 2.45. The molecule has 0 spiro atoms. The van der Waals surface area contributed by atoms with Crippen LogP contribution in [0.15, 0.2) is 18.2 Å². The molecule has 21 heavy (non-hydrogen) atoms. The van der Waals surface area contributed by atoms with Gasteiger partial charge in [0.05, 0.1) is 0 Å². The molecule has 1 rings (SSSR count). The number of unbranched alkanes of at least 4 members (excludes halogenated alkanes) is 7. The van der Waals surface area contributed by atoms with Crippen molar-refractivity contribution in [3.8, 4) is 0 Å². The Labute approximate surface area is 132 Å². The molecule has 0 aliphatic rings. The molecule has 0 fully saturated rings. The second kappa shape index (κ2) is 11.8. The zero-order chi connectivity index (χ0) is 15.3. The first kappa shape index (κ1) is 18.2. The van der Waals surface area contributed by atoms with E-state index in [0.717, 1.165) is 5.69 Å². The molecule has 0 aliphatic heterocycles. The molecular formula is C20H35N. The number of rotatable bonds is 12. The lowest BCUT2D eigenvalue weighted by Gasteiger charge is -2.17. The van der Waals surface area contributed by atoms with Gasteiger partial charge in [0.15, 0.2) is 0 Å². The van der Waals surface area contributed by atoms with E-state index >= 15 is 0 Å². The van der Waals surface area contributed by atoms with Gasteiger partial charge in [-0.3, -0.25) is 4.98 Å². The summed E-state index contributed by atoms with van der Waals surface area (Å²) >= 11 is 0. The number of aryl methyl sites for hydroxylation is 1. The lowest BCUT2D eigenvalue weighted by Crippen LogP contribution is -2.03. The monoisotopic (exact) mass is 289 g/mol. The highest BCUT2D eigenvalue weighted by molar-refractivity contribution is 5.14. The van der Waals surface area contributed by atoms with Crippen LogP contribution in [0.25, 0.3) is 0 Å². The predicted octanol–water partition coefficient (Wildman–Crippen LogP) is 6.80. The van der Waals surface area contributed by atoms with Crippen LogP contribution in [0.1, 0.15) is 102 Å². The second-order valence-corrected chi connectivity index (χ2v) is 6.45. The van der Waals surface area contributed by atoms with Gasteiger partial charge < -0.3 is 0 Å². The van der Waals surface area contributed by atoms with Crippen molar-refractivity contribution in [2.24, 2.45) is 0 Å². The number of hydrogen-bond donors (Lipinski definition) is 0. The summed E-state index contributed by atoms with van der Waals surface area (Å²) in [7, 11) is 0. The fraction of sp³-hybridized carbons (Fsp3) is 0.750. The van der Waals surface area contributed by atoms with Crippen LogP contribution in [0.2, 0.25) is 0 Å². The lowest BCUT2D eigenvalue weighted by atomic mass is 9.91. The molecule has 0 saturated heterocycles. The first-order valence-electron chi connectivity index (χ1n) is 9.21. The van der Waals surface area contributed by atoms with E-state index in [1.165, 1.54) is 76.3 Å². The highest BCUT2D eigenvalue weighted by atomic mass is 14.7. The molecule has 1 aromatic heterocycles. The van der Waals surface area contributed by atoms with Gasteiger partial charge in [-0.2, -0.15) is 0 Å². The van der Waals surface area contributed by atoms with E-state index < -0.39 is 0 Å². The third-order valence-electron chi connectivity index (χ3n) is 4.39. The van der Waals surface area contributed by atoms with Crippen molar-refractivity contribution in [1.82, 2.24) is 4.98 Å². The maximum Gasteiger partial charge on any atom is 0.0437 e. The van der Waals surface area contributed by atoms with E-state index in [0.29, 0.717) is 5.92 Å². The average Bonchev–Trinajstić information content (AvgIpc) is 2.49. The molecule has 1 unspecified atom stereocenters. The highest BCUT2D eigenvalue weighted by Crippen LogP contribution is 2.27. The van der Waals surface area contributed by atoms with Gasteiger partial charge in [-0.1, -0.05) is 77.7 Å². The highest BCUT2D eigenvalue weighted by Gasteiger charge is 2.12. The van der Waals surface area contributed by atoms with Crippen molar-refractivity contribution in [2.45, 2.75) is 97.3 Å². The van der Waals surface area contributed by atoms with Crippen molar-refractivity contribution >= 4 is 0 Å². The van der Waals surface area contributed by atoms with Gasteiger partial charge in [-0.15, -0.1) is 0 Å². The Morgan fingerprint density at radius 3 is 1.95 bits per heavy atom. The van der Waals surface area contributed by atoms with Gasteiger partial charge >= 0.3 is 0 Å². The van der Waals surface area contributed by atoms with E-state index in [2.05, 4.69) is 39.0 Å². The summed E-state index contributed by atoms with van der Waals surface area (Å²) in [5.74, 6) is 0.684. The first-order valence-corrected chi connectivity index (χ1v) is 9.21. The first-order chi connectivity index (χ1) is 10.3. The smallest absolute Gasteiger partial charge is 0.0437 e. The molecule has 1 nitrogen and oxygen atoms in total. The van der Waals surface area contributed by atoms with Gasteiger partial charge in [-0.05, 0) is 31.9 Å². The molecule has 1 atom stereocenters. The number of pyridine rings is 1. The van der Waals surface area contributed by atoms with Crippen LogP contribution in [0, 0.1) is 6.92 Å². The summed E-state index contributed by atoms with van der Waals surface area (Å²) in [6.45, 7) is 6.68. The molecule has 1 aromatic rings. The molecule has 0 aliphatic carbocycles. The minimum absolute atomic E-state index is 0.684. The Bertz CT molecular complexity index is 359. The van der Waals surface area contributed by atoms with Gasteiger partial charge in [0.25, 0.3) is 0 Å². The SMILES string of the molecule is CCCCCCCC(CCCCCC)c1cccc(C)n1. The third-order valence-corrected chi connectivity index (χ3v) is 4.39. The quantitative estimate of drug-likeness (QED) is 0.385. The summed E-state index contributed by atoms with van der Waals surface area (Å²) < 4.78 is 0. The Hall–Kier alpha value is -0.850. The van der Waals surface area contributed by atoms with Crippen molar-refractivity contribution < 1.29 is 0 Å². The zero-order valence-electron chi connectivity index (χ0n) is 14.5. The third kappa shape index (κ3) is 8.24. The van der Waals surface area contributed by atoms with E-state index in [4.69, 9.17) is 4.98 Å². The maximum absolute atomic E-state index is 4.79. The summed E-state index contributed by atoms with van der Waals surface area (Å²) in [5.41, 5.74) is 2.50. The van der Waals surface area contributed by atoms with Crippen LogP contribution in [0.4, 0.5) is 0 Å². The van der Waals surface area contributed by atoms with Crippen molar-refractivity contribution in [3.63, 3.8) is 0 Å². The van der Waals surface area contributed by atoms with Crippen molar-refractivity contribution in [3.05, 3.63) is 29.6 Å². The fourth-order valence-electron chi connectivity index (χ4n) is 3.04. The molecule has 1 heterocycles. The minimum atomic E-state index is 0.684. The van der Waals surface area contributed by atoms with Gasteiger partial charge in [0.2, 0.25) is 0 Å². The predicted molar refractivity (Wildman–Crippen MR) is 93.9 cm³/mol. The zero-order valence-corrected chi connectivity index (χ0v) is 14.5. The summed E-state index contributed by atoms with van der Waals surface area (Å²) in [6.07, 6.45) is 15.0. The Kier molecular flexibility index (Phi) is 10.2. The number of aromatic nitrogens is 1. The fourth-order valence-corrected chi connectivity index (χ4v) is 3.04. The van der Waals surface area contributed by atoms with E-state index in [9.17, 15) is 0 Å². The van der Waals surface area contributed by atoms with Crippen LogP contribution in [-0.4, -0.2) is 4.98 Å². The van der Waals surface area contributed by atoms with Crippen LogP contribution in [0.5, 0.6) is 0 Å². The largest absolute Gasteiger partial charge is 0.258 e. The lowest BCUT2D eigenvalue weighted by molar-refractivity contribution is 0.485. The van der Waals surface area contributed by atoms with Gasteiger partial charge in [0.1, 0.15) is 0 Å². The molecule has 1 heteroatoms. The van der Waals surface area contributed by atoms with Crippen LogP contribution in [0.3, 0.4) is 0 Å². The Morgan fingerprint density at radius 1 is 0.810 bits per heavy atom. The van der Waals surface area contributed by atoms with Crippen molar-refractivity contribution in [1.29, 1.82) is 0 Å². The molecule has 120 valence electrons. The normalized spacial score (nSPS) is 12.5. The minimum Gasteiger partial charge on any atom is -0.258 e. The summed E-state index contributed by atoms with van der Waals surface area (Å²) in [5, 5.41) is 0. The summed E-state index contributed by atoms with van der Waals surface area (Å²) in [4.78, 5) is 4.79. The summed E-state index contributed by atoms with van der Waals surface area (Å²) in [6, 6.07) is 6.52. The number of hydrogen-bond acceptors (Lipinski definition) is 1. The van der Waals surface area contributed by atoms with E-state index in [1.54, 1.807) is 0 Å². The average molecular weight is 290 g/mol. The van der Waals surface area contributed by atoms with E-state index in [-0.39, 0.29) is 0 Å². The molecule has 0 N–H and O–H groups in total. The van der Waals surface area contributed by atoms with Gasteiger partial charge in [0, 0.05) is 17.3 Å². The van der Waals surface area contributed by atoms with Crippen molar-refractivity contribution in [2.75, 3.05) is 0 Å². The molecular weight excluding hydrogens is 254 g/mol. The van der Waals surface area contributed by atoms with E-state index in [1.807, 2.05) is 0 Å². The van der Waals surface area contributed by atoms with Crippen LogP contribution in [-0.2, 0) is 0 Å². The molecule has 0 radical (unpaired) electrons. The molecule has 0 saturated carbocycles. The van der Waals surface area contributed by atoms with Crippen LogP contribution < -0.4 is 0 Å². The standard InChI is InChI=1S/C20H35N/c1-4-6-8-10-12-16-19(15-11-9-7-5-2)20-17-13-14-18(3)21-20/h13-14,17,19H,4-12,15-16H2,1-3H3. The molecule has 0 bridgehead atoms. The second-order valence-electron chi connectivity index (χ2n) is 6.45. The Morgan fingerprint density at radius 2 is 1.38 bits per heavy atom. The van der Waals surface area contributed by atoms with Crippen LogP contribution >= 0.6 is 0 Å².